The highest BCUT2D eigenvalue weighted by atomic mass is 32.1. The molecule has 2 rings (SSSR count). The van der Waals surface area contributed by atoms with E-state index in [4.69, 9.17) is 5.73 Å². The van der Waals surface area contributed by atoms with Crippen LogP contribution in [0.4, 0.5) is 24.1 Å². The highest BCUT2D eigenvalue weighted by Gasteiger charge is 2.31. The minimum atomic E-state index is -4.70. The lowest BCUT2D eigenvalue weighted by Gasteiger charge is -2.10. The molecule has 2 aromatic rings. The summed E-state index contributed by atoms with van der Waals surface area (Å²) in [6.45, 7) is 1.66. The maximum absolute atomic E-state index is 12.1. The number of aryl methyl sites for hydroxylation is 1. The van der Waals surface area contributed by atoms with Crippen LogP contribution in [-0.4, -0.2) is 17.6 Å². The van der Waals surface area contributed by atoms with Crippen molar-refractivity contribution in [2.24, 2.45) is 5.10 Å². The molecule has 9 heteroatoms. The van der Waals surface area contributed by atoms with Gasteiger partial charge in [0.05, 0.1) is 6.21 Å². The van der Waals surface area contributed by atoms with Crippen molar-refractivity contribution < 1.29 is 17.9 Å². The number of halogens is 3. The van der Waals surface area contributed by atoms with Crippen LogP contribution in [0.15, 0.2) is 28.7 Å². The molecule has 0 saturated carbocycles. The molecule has 0 unspecified atom stereocenters. The van der Waals surface area contributed by atoms with E-state index in [0.29, 0.717) is 22.1 Å². The monoisotopic (exact) mass is 316 g/mol. The van der Waals surface area contributed by atoms with E-state index >= 15 is 0 Å². The second-order valence-electron chi connectivity index (χ2n) is 4.01. The van der Waals surface area contributed by atoms with Crippen molar-refractivity contribution in [2.45, 2.75) is 13.3 Å². The van der Waals surface area contributed by atoms with Crippen LogP contribution in [0.1, 0.15) is 11.1 Å². The number of thiazole rings is 1. The van der Waals surface area contributed by atoms with Gasteiger partial charge in [0.2, 0.25) is 5.13 Å². The quantitative estimate of drug-likeness (QED) is 0.670. The summed E-state index contributed by atoms with van der Waals surface area (Å²) in [4.78, 5) is 3.95. The molecular weight excluding hydrogens is 305 g/mol. The number of nitrogens with zero attached hydrogens (tertiary/aromatic N) is 2. The maximum Gasteiger partial charge on any atom is 0.573 e. The molecule has 0 radical (unpaired) electrons. The van der Waals surface area contributed by atoms with Crippen LogP contribution in [-0.2, 0) is 0 Å². The van der Waals surface area contributed by atoms with E-state index in [1.54, 1.807) is 12.3 Å². The predicted molar refractivity (Wildman–Crippen MR) is 75.6 cm³/mol. The largest absolute Gasteiger partial charge is 0.573 e. The smallest absolute Gasteiger partial charge is 0.406 e. The minimum absolute atomic E-state index is 0.266. The van der Waals surface area contributed by atoms with Crippen LogP contribution in [0, 0.1) is 6.92 Å². The summed E-state index contributed by atoms with van der Waals surface area (Å²) in [6, 6.07) is 4.00. The Labute approximate surface area is 122 Å². The number of aromatic nitrogens is 1. The fraction of sp³-hybridized carbons (Fsp3) is 0.167. The Morgan fingerprint density at radius 2 is 2.19 bits per heavy atom. The van der Waals surface area contributed by atoms with Crippen LogP contribution in [0.25, 0.3) is 0 Å². The molecule has 1 heterocycles. The third-order valence-electron chi connectivity index (χ3n) is 2.36. The van der Waals surface area contributed by atoms with Crippen molar-refractivity contribution in [3.05, 3.63) is 34.7 Å². The number of alkyl halides is 3. The van der Waals surface area contributed by atoms with Crippen molar-refractivity contribution in [1.82, 2.24) is 4.98 Å². The van der Waals surface area contributed by atoms with E-state index < -0.39 is 6.36 Å². The Morgan fingerprint density at radius 1 is 1.43 bits per heavy atom. The van der Waals surface area contributed by atoms with Gasteiger partial charge in [-0.05, 0) is 36.2 Å². The summed E-state index contributed by atoms with van der Waals surface area (Å²) in [5.41, 5.74) is 9.39. The average molecular weight is 316 g/mol. The van der Waals surface area contributed by atoms with Gasteiger partial charge in [-0.1, -0.05) is 0 Å². The zero-order valence-corrected chi connectivity index (χ0v) is 11.6. The third kappa shape index (κ3) is 4.63. The van der Waals surface area contributed by atoms with Gasteiger partial charge < -0.3 is 10.5 Å². The van der Waals surface area contributed by atoms with Gasteiger partial charge in [0, 0.05) is 5.38 Å². The second kappa shape index (κ2) is 6.00. The van der Waals surface area contributed by atoms with Gasteiger partial charge in [-0.15, -0.1) is 24.5 Å². The highest BCUT2D eigenvalue weighted by molar-refractivity contribution is 7.14. The van der Waals surface area contributed by atoms with Gasteiger partial charge in [-0.25, -0.2) is 4.98 Å². The number of rotatable bonds is 4. The van der Waals surface area contributed by atoms with Gasteiger partial charge in [0.1, 0.15) is 11.6 Å². The number of nitrogens with one attached hydrogen (secondary N) is 1. The fourth-order valence-electron chi connectivity index (χ4n) is 1.48. The third-order valence-corrected chi connectivity index (χ3v) is 3.13. The molecule has 0 aliphatic carbocycles. The van der Waals surface area contributed by atoms with Gasteiger partial charge >= 0.3 is 6.36 Å². The maximum atomic E-state index is 12.1. The van der Waals surface area contributed by atoms with Crippen molar-refractivity contribution in [3.8, 4) is 5.75 Å². The lowest BCUT2D eigenvalue weighted by molar-refractivity contribution is -0.274. The number of ether oxygens (including phenoxy) is 1. The number of hydrogen-bond acceptors (Lipinski definition) is 6. The molecular formula is C12H11F3N4OS. The summed E-state index contributed by atoms with van der Waals surface area (Å²) in [6.07, 6.45) is -3.22. The number of hydrogen-bond donors (Lipinski definition) is 2. The Kier molecular flexibility index (Phi) is 4.32. The lowest BCUT2D eigenvalue weighted by atomic mass is 10.1. The van der Waals surface area contributed by atoms with E-state index in [-0.39, 0.29) is 5.75 Å². The van der Waals surface area contributed by atoms with Gasteiger partial charge in [0.15, 0.2) is 0 Å². The molecule has 0 saturated heterocycles. The van der Waals surface area contributed by atoms with Crippen LogP contribution in [0.2, 0.25) is 0 Å². The highest BCUT2D eigenvalue weighted by Crippen LogP contribution is 2.24. The van der Waals surface area contributed by atoms with Crippen LogP contribution in [0.3, 0.4) is 0 Å². The first-order valence-electron chi connectivity index (χ1n) is 5.70. The molecule has 21 heavy (non-hydrogen) atoms. The summed E-state index contributed by atoms with van der Waals surface area (Å²) < 4.78 is 40.1. The van der Waals surface area contributed by atoms with E-state index in [1.165, 1.54) is 35.8 Å². The lowest BCUT2D eigenvalue weighted by Crippen LogP contribution is -2.17. The topological polar surface area (TPSA) is 72.5 Å². The molecule has 5 nitrogen and oxygen atoms in total. The fourth-order valence-corrected chi connectivity index (χ4v) is 2.03. The second-order valence-corrected chi connectivity index (χ2v) is 4.87. The predicted octanol–water partition coefficient (Wildman–Crippen LogP) is 3.38. The molecule has 0 fully saturated rings. The van der Waals surface area contributed by atoms with Crippen molar-refractivity contribution >= 4 is 28.5 Å². The molecule has 112 valence electrons. The molecule has 0 amide bonds. The van der Waals surface area contributed by atoms with Crippen LogP contribution in [0.5, 0.6) is 5.75 Å². The van der Waals surface area contributed by atoms with Crippen molar-refractivity contribution in [1.29, 1.82) is 0 Å². The molecule has 0 spiro atoms. The van der Waals surface area contributed by atoms with Gasteiger partial charge in [-0.3, -0.25) is 5.43 Å². The summed E-state index contributed by atoms with van der Waals surface area (Å²) in [5.74, 6) is 0.125. The zero-order valence-electron chi connectivity index (χ0n) is 10.8. The molecule has 0 aliphatic heterocycles. The minimum Gasteiger partial charge on any atom is -0.406 e. The number of hydrazone groups is 1. The summed E-state index contributed by atoms with van der Waals surface area (Å²) in [5, 5.41) is 6.13. The van der Waals surface area contributed by atoms with Crippen molar-refractivity contribution in [3.63, 3.8) is 0 Å². The number of nitrogen functional groups attached to an aromatic ring is 1. The average Bonchev–Trinajstić information content (AvgIpc) is 2.76. The SMILES string of the molecule is Cc1cc(OC(F)(F)F)ccc1C=NNc1nc(N)cs1. The van der Waals surface area contributed by atoms with Crippen LogP contribution < -0.4 is 15.9 Å². The van der Waals surface area contributed by atoms with E-state index in [2.05, 4.69) is 20.2 Å². The zero-order chi connectivity index (χ0) is 15.5. The molecule has 0 aliphatic rings. The number of anilines is 2. The first kappa shape index (κ1) is 15.1. The Bertz CT molecular complexity index is 654. The number of benzene rings is 1. The first-order valence-corrected chi connectivity index (χ1v) is 6.58. The molecule has 0 bridgehead atoms. The Hall–Kier alpha value is -2.29. The standard InChI is InChI=1S/C12H11F3N4OS/c1-7-4-9(20-12(13,14)15)3-2-8(7)5-17-19-11-18-10(16)6-21-11/h2-6H,16H2,1H3,(H,18,19). The molecule has 1 aromatic heterocycles. The van der Waals surface area contributed by atoms with Crippen molar-refractivity contribution in [2.75, 3.05) is 11.2 Å². The Morgan fingerprint density at radius 3 is 2.76 bits per heavy atom. The first-order chi connectivity index (χ1) is 9.83. The van der Waals surface area contributed by atoms with Gasteiger partial charge in [0.25, 0.3) is 0 Å². The van der Waals surface area contributed by atoms with E-state index in [0.717, 1.165) is 0 Å². The van der Waals surface area contributed by atoms with E-state index in [9.17, 15) is 13.2 Å². The number of nitrogens with two attached hydrogens (primary N) is 1. The molecule has 0 atom stereocenters. The normalized spacial score (nSPS) is 11.8. The molecule has 3 N–H and O–H groups in total. The molecule has 1 aromatic carbocycles. The van der Waals surface area contributed by atoms with Crippen LogP contribution >= 0.6 is 11.3 Å². The van der Waals surface area contributed by atoms with E-state index in [1.807, 2.05) is 0 Å². The summed E-state index contributed by atoms with van der Waals surface area (Å²) >= 11 is 1.29. The van der Waals surface area contributed by atoms with Gasteiger partial charge in [-0.2, -0.15) is 5.10 Å². The Balaban J connectivity index is 2.03. The summed E-state index contributed by atoms with van der Waals surface area (Å²) in [7, 11) is 0.